The summed E-state index contributed by atoms with van der Waals surface area (Å²) in [5.74, 6) is -0.114. The highest BCUT2D eigenvalue weighted by Gasteiger charge is 2.37. The van der Waals surface area contributed by atoms with E-state index in [4.69, 9.17) is 0 Å². The molecule has 0 spiro atoms. The summed E-state index contributed by atoms with van der Waals surface area (Å²) in [5.41, 5.74) is 0.732. The van der Waals surface area contributed by atoms with Crippen molar-refractivity contribution >= 4 is 23.5 Å². The van der Waals surface area contributed by atoms with Crippen LogP contribution in [0.2, 0.25) is 0 Å². The lowest BCUT2D eigenvalue weighted by Crippen LogP contribution is -2.52. The summed E-state index contributed by atoms with van der Waals surface area (Å²) >= 11 is 0. The number of carbonyl (C=O) groups excluding carboxylic acids is 3. The number of nitrogens with zero attached hydrogens (tertiary/aromatic N) is 4. The van der Waals surface area contributed by atoms with Crippen LogP contribution in [0.25, 0.3) is 0 Å². The molecule has 4 rings (SSSR count). The molecule has 2 aliphatic rings. The number of hydrogen-bond donors (Lipinski definition) is 0. The molecule has 7 heteroatoms. The van der Waals surface area contributed by atoms with E-state index in [1.54, 1.807) is 35.4 Å². The van der Waals surface area contributed by atoms with Gasteiger partial charge in [-0.2, -0.15) is 0 Å². The van der Waals surface area contributed by atoms with Crippen LogP contribution in [-0.2, 0) is 4.79 Å². The van der Waals surface area contributed by atoms with Gasteiger partial charge in [0.2, 0.25) is 5.91 Å². The van der Waals surface area contributed by atoms with Gasteiger partial charge in [-0.25, -0.2) is 4.98 Å². The number of amides is 3. The number of carbonyl (C=O) groups is 3. The Bertz CT molecular complexity index is 825. The first-order chi connectivity index (χ1) is 12.6. The summed E-state index contributed by atoms with van der Waals surface area (Å²) in [6, 6.07) is 12.4. The Kier molecular flexibility index (Phi) is 4.12. The Labute approximate surface area is 150 Å². The zero-order chi connectivity index (χ0) is 18.1. The molecule has 0 unspecified atom stereocenters. The fourth-order valence-corrected chi connectivity index (χ4v) is 3.34. The van der Waals surface area contributed by atoms with E-state index in [1.165, 1.54) is 0 Å². The lowest BCUT2D eigenvalue weighted by molar-refractivity contribution is -0.131. The van der Waals surface area contributed by atoms with E-state index in [0.29, 0.717) is 37.3 Å². The molecular weight excluding hydrogens is 332 g/mol. The van der Waals surface area contributed by atoms with Crippen LogP contribution in [0.4, 0.5) is 5.82 Å². The van der Waals surface area contributed by atoms with Crippen molar-refractivity contribution in [1.82, 2.24) is 14.8 Å². The van der Waals surface area contributed by atoms with E-state index in [0.717, 1.165) is 10.7 Å². The quantitative estimate of drug-likeness (QED) is 0.773. The number of anilines is 1. The van der Waals surface area contributed by atoms with Gasteiger partial charge in [0.25, 0.3) is 11.8 Å². The van der Waals surface area contributed by atoms with Crippen LogP contribution in [0.15, 0.2) is 48.7 Å². The number of benzene rings is 1. The first kappa shape index (κ1) is 16.3. The maximum atomic E-state index is 12.6. The molecule has 0 radical (unpaired) electrons. The number of imide groups is 1. The number of fused-ring (bicyclic) bond motifs is 1. The predicted octanol–water partition coefficient (Wildman–Crippen LogP) is 1.03. The normalized spacial score (nSPS) is 16.8. The predicted molar refractivity (Wildman–Crippen MR) is 94.8 cm³/mol. The first-order valence-corrected chi connectivity index (χ1v) is 8.54. The zero-order valence-electron chi connectivity index (χ0n) is 14.2. The van der Waals surface area contributed by atoms with Crippen LogP contribution in [0, 0.1) is 0 Å². The standard InChI is InChI=1S/C19H18N4O3/c24-17(13-23-18(25)14-5-1-2-6-15(14)19(23)26)22-11-9-21(10-12-22)16-7-3-4-8-20-16/h1-8H,9-13H2. The fraction of sp³-hybridized carbons (Fsp3) is 0.263. The van der Waals surface area contributed by atoms with Gasteiger partial charge in [-0.15, -0.1) is 0 Å². The van der Waals surface area contributed by atoms with Crippen molar-refractivity contribution in [2.45, 2.75) is 0 Å². The Morgan fingerprint density at radius 1 is 0.885 bits per heavy atom. The molecule has 3 heterocycles. The average molecular weight is 350 g/mol. The van der Waals surface area contributed by atoms with Crippen LogP contribution in [0.3, 0.4) is 0 Å². The highest BCUT2D eigenvalue weighted by Crippen LogP contribution is 2.22. The summed E-state index contributed by atoms with van der Waals surface area (Å²) in [7, 11) is 0. The highest BCUT2D eigenvalue weighted by atomic mass is 16.2. The molecule has 26 heavy (non-hydrogen) atoms. The monoisotopic (exact) mass is 350 g/mol. The second-order valence-corrected chi connectivity index (χ2v) is 6.30. The number of pyridine rings is 1. The summed E-state index contributed by atoms with van der Waals surface area (Å²) in [5, 5.41) is 0. The van der Waals surface area contributed by atoms with E-state index in [1.807, 2.05) is 18.2 Å². The van der Waals surface area contributed by atoms with Crippen LogP contribution >= 0.6 is 0 Å². The van der Waals surface area contributed by atoms with E-state index in [9.17, 15) is 14.4 Å². The number of piperazine rings is 1. The van der Waals surface area contributed by atoms with Crippen molar-refractivity contribution in [3.05, 3.63) is 59.8 Å². The van der Waals surface area contributed by atoms with E-state index in [2.05, 4.69) is 9.88 Å². The Balaban J connectivity index is 1.38. The van der Waals surface area contributed by atoms with Crippen LogP contribution in [0.1, 0.15) is 20.7 Å². The van der Waals surface area contributed by atoms with Gasteiger partial charge in [-0.1, -0.05) is 18.2 Å². The SMILES string of the molecule is O=C(CN1C(=O)c2ccccc2C1=O)N1CCN(c2ccccn2)CC1. The second-order valence-electron chi connectivity index (χ2n) is 6.30. The van der Waals surface area contributed by atoms with Crippen molar-refractivity contribution in [3.63, 3.8) is 0 Å². The molecule has 0 bridgehead atoms. The molecule has 132 valence electrons. The van der Waals surface area contributed by atoms with Gasteiger partial charge in [0, 0.05) is 32.4 Å². The van der Waals surface area contributed by atoms with E-state index in [-0.39, 0.29) is 12.5 Å². The number of rotatable bonds is 3. The zero-order valence-corrected chi connectivity index (χ0v) is 14.2. The molecule has 1 aromatic heterocycles. The molecule has 7 nitrogen and oxygen atoms in total. The van der Waals surface area contributed by atoms with Crippen molar-refractivity contribution < 1.29 is 14.4 Å². The molecule has 0 atom stereocenters. The van der Waals surface area contributed by atoms with Gasteiger partial charge in [0.15, 0.2) is 0 Å². The molecule has 1 aromatic carbocycles. The lowest BCUT2D eigenvalue weighted by atomic mass is 10.1. The molecule has 0 N–H and O–H groups in total. The van der Waals surface area contributed by atoms with Crippen LogP contribution in [-0.4, -0.2) is 65.2 Å². The van der Waals surface area contributed by atoms with E-state index < -0.39 is 11.8 Å². The Morgan fingerprint density at radius 2 is 1.50 bits per heavy atom. The molecule has 3 amide bonds. The highest BCUT2D eigenvalue weighted by molar-refractivity contribution is 6.22. The topological polar surface area (TPSA) is 73.8 Å². The van der Waals surface area contributed by atoms with Gasteiger partial charge in [-0.05, 0) is 24.3 Å². The minimum Gasteiger partial charge on any atom is -0.353 e. The van der Waals surface area contributed by atoms with Gasteiger partial charge in [0.05, 0.1) is 11.1 Å². The maximum Gasteiger partial charge on any atom is 0.262 e. The second kappa shape index (κ2) is 6.59. The minimum absolute atomic E-state index is 0.208. The minimum atomic E-state index is -0.397. The number of hydrogen-bond acceptors (Lipinski definition) is 5. The molecule has 1 saturated heterocycles. The Morgan fingerprint density at radius 3 is 2.08 bits per heavy atom. The molecular formula is C19H18N4O3. The summed E-state index contributed by atoms with van der Waals surface area (Å²) in [4.78, 5) is 46.5. The van der Waals surface area contributed by atoms with Crippen molar-refractivity contribution in [2.24, 2.45) is 0 Å². The van der Waals surface area contributed by atoms with Crippen molar-refractivity contribution in [1.29, 1.82) is 0 Å². The van der Waals surface area contributed by atoms with Crippen molar-refractivity contribution in [3.8, 4) is 0 Å². The molecule has 2 aliphatic heterocycles. The summed E-state index contributed by atoms with van der Waals surface area (Å²) < 4.78 is 0. The van der Waals surface area contributed by atoms with Crippen LogP contribution in [0.5, 0.6) is 0 Å². The summed E-state index contributed by atoms with van der Waals surface area (Å²) in [6.07, 6.45) is 1.75. The molecule has 0 aliphatic carbocycles. The third-order valence-corrected chi connectivity index (χ3v) is 4.78. The fourth-order valence-electron chi connectivity index (χ4n) is 3.34. The molecule has 0 saturated carbocycles. The van der Waals surface area contributed by atoms with Gasteiger partial charge >= 0.3 is 0 Å². The Hall–Kier alpha value is -3.22. The third kappa shape index (κ3) is 2.81. The van der Waals surface area contributed by atoms with Crippen molar-refractivity contribution in [2.75, 3.05) is 37.6 Å². The smallest absolute Gasteiger partial charge is 0.262 e. The molecule has 2 aromatic rings. The van der Waals surface area contributed by atoms with Gasteiger partial charge in [-0.3, -0.25) is 19.3 Å². The number of aromatic nitrogens is 1. The van der Waals surface area contributed by atoms with Gasteiger partial charge < -0.3 is 9.80 Å². The van der Waals surface area contributed by atoms with Gasteiger partial charge in [0.1, 0.15) is 12.4 Å². The summed E-state index contributed by atoms with van der Waals surface area (Å²) in [6.45, 7) is 2.21. The third-order valence-electron chi connectivity index (χ3n) is 4.78. The largest absolute Gasteiger partial charge is 0.353 e. The van der Waals surface area contributed by atoms with E-state index >= 15 is 0 Å². The molecule has 1 fully saturated rings. The maximum absolute atomic E-state index is 12.6. The average Bonchev–Trinajstić information content (AvgIpc) is 2.94. The first-order valence-electron chi connectivity index (χ1n) is 8.54. The lowest BCUT2D eigenvalue weighted by Gasteiger charge is -2.35. The van der Waals surface area contributed by atoms with Crippen LogP contribution < -0.4 is 4.90 Å².